The molecule has 1 fully saturated rings. The van der Waals surface area contributed by atoms with E-state index in [2.05, 4.69) is 10.3 Å². The number of nitrogens with one attached hydrogen (secondary N) is 1. The lowest BCUT2D eigenvalue weighted by molar-refractivity contribution is -0.121. The summed E-state index contributed by atoms with van der Waals surface area (Å²) in [5.41, 5.74) is 2.49. The Bertz CT molecular complexity index is 1080. The molecule has 1 aliphatic rings. The molecule has 0 spiro atoms. The van der Waals surface area contributed by atoms with E-state index in [1.54, 1.807) is 30.5 Å². The number of hydrogen-bond acceptors (Lipinski definition) is 3. The van der Waals surface area contributed by atoms with Crippen LogP contribution in [0.25, 0.3) is 10.9 Å². The van der Waals surface area contributed by atoms with Gasteiger partial charge < -0.3 is 10.4 Å². The fourth-order valence-corrected chi connectivity index (χ4v) is 4.60. The third kappa shape index (κ3) is 4.26. The van der Waals surface area contributed by atoms with Gasteiger partial charge in [0.1, 0.15) is 11.6 Å². The van der Waals surface area contributed by atoms with E-state index in [-0.39, 0.29) is 34.3 Å². The number of rotatable bonds is 4. The zero-order chi connectivity index (χ0) is 21.3. The monoisotopic (exact) mass is 426 g/mol. The standard InChI is InChI=1S/C24H24ClFN2O2/c1-14(24(30)28-18-7-8-21(25)23(29)13-18)15-2-4-16(5-3-15)19-10-11-27-22-9-6-17(26)12-20(19)22/h6-16,29H,2-5H2,1H3,(H,28,30)/t14-,15-,16+/m1/s1. The maximum absolute atomic E-state index is 13.8. The number of benzene rings is 2. The summed E-state index contributed by atoms with van der Waals surface area (Å²) < 4.78 is 13.8. The Balaban J connectivity index is 1.41. The number of anilines is 1. The van der Waals surface area contributed by atoms with Crippen LogP contribution in [0.4, 0.5) is 10.1 Å². The molecule has 3 aromatic rings. The first-order valence-electron chi connectivity index (χ1n) is 10.3. The number of amides is 1. The second-order valence-corrected chi connectivity index (χ2v) is 8.52. The van der Waals surface area contributed by atoms with Gasteiger partial charge >= 0.3 is 0 Å². The summed E-state index contributed by atoms with van der Waals surface area (Å²) >= 11 is 5.82. The highest BCUT2D eigenvalue weighted by molar-refractivity contribution is 6.32. The number of carbonyl (C=O) groups excluding carboxylic acids is 1. The van der Waals surface area contributed by atoms with Gasteiger partial charge in [-0.3, -0.25) is 9.78 Å². The SMILES string of the molecule is C[C@@H](C(=O)Nc1ccc(Cl)c(O)c1)[C@H]1CC[C@@H](c2ccnc3ccc(F)cc32)CC1. The molecule has 156 valence electrons. The largest absolute Gasteiger partial charge is 0.506 e. The van der Waals surface area contributed by atoms with Gasteiger partial charge in [-0.2, -0.15) is 0 Å². The van der Waals surface area contributed by atoms with Crippen LogP contribution >= 0.6 is 11.6 Å². The molecular formula is C24H24ClFN2O2. The topological polar surface area (TPSA) is 62.2 Å². The van der Waals surface area contributed by atoms with Crippen LogP contribution in [0.5, 0.6) is 5.75 Å². The third-order valence-corrected chi connectivity index (χ3v) is 6.60. The van der Waals surface area contributed by atoms with Crippen molar-refractivity contribution < 1.29 is 14.3 Å². The minimum atomic E-state index is -0.246. The van der Waals surface area contributed by atoms with Crippen molar-refractivity contribution in [2.75, 3.05) is 5.32 Å². The molecule has 6 heteroatoms. The molecule has 4 nitrogen and oxygen atoms in total. The lowest BCUT2D eigenvalue weighted by Crippen LogP contribution is -2.29. The normalized spacial score (nSPS) is 20.1. The summed E-state index contributed by atoms with van der Waals surface area (Å²) in [6.45, 7) is 1.95. The van der Waals surface area contributed by atoms with Crippen molar-refractivity contribution in [3.8, 4) is 5.75 Å². The molecule has 1 aliphatic carbocycles. The van der Waals surface area contributed by atoms with Gasteiger partial charge in [-0.05, 0) is 79.5 Å². The quantitative estimate of drug-likeness (QED) is 0.516. The van der Waals surface area contributed by atoms with Gasteiger partial charge in [0.25, 0.3) is 0 Å². The summed E-state index contributed by atoms with van der Waals surface area (Å²) in [5.74, 6) is 0.128. The van der Waals surface area contributed by atoms with Crippen molar-refractivity contribution in [3.05, 3.63) is 65.1 Å². The Morgan fingerprint density at radius 1 is 1.17 bits per heavy atom. The van der Waals surface area contributed by atoms with Crippen molar-refractivity contribution in [3.63, 3.8) is 0 Å². The van der Waals surface area contributed by atoms with E-state index in [4.69, 9.17) is 11.6 Å². The van der Waals surface area contributed by atoms with Crippen LogP contribution in [-0.2, 0) is 4.79 Å². The van der Waals surface area contributed by atoms with E-state index >= 15 is 0 Å². The number of carbonyl (C=O) groups is 1. The fraction of sp³-hybridized carbons (Fsp3) is 0.333. The van der Waals surface area contributed by atoms with Gasteiger partial charge in [0.2, 0.25) is 5.91 Å². The van der Waals surface area contributed by atoms with Gasteiger partial charge in [0, 0.05) is 29.3 Å². The first kappa shape index (κ1) is 20.6. The Morgan fingerprint density at radius 3 is 2.67 bits per heavy atom. The zero-order valence-corrected chi connectivity index (χ0v) is 17.5. The van der Waals surface area contributed by atoms with E-state index in [1.165, 1.54) is 12.1 Å². The molecule has 4 rings (SSSR count). The second kappa shape index (κ2) is 8.60. The predicted octanol–water partition coefficient (Wildman–Crippen LogP) is 6.28. The first-order valence-corrected chi connectivity index (χ1v) is 10.6. The number of phenolic OH excluding ortho intramolecular Hbond substituents is 1. The van der Waals surface area contributed by atoms with E-state index in [1.807, 2.05) is 13.0 Å². The van der Waals surface area contributed by atoms with Crippen molar-refractivity contribution in [1.82, 2.24) is 4.98 Å². The molecule has 2 N–H and O–H groups in total. The molecule has 2 aromatic carbocycles. The van der Waals surface area contributed by atoms with Crippen LogP contribution in [0.2, 0.25) is 5.02 Å². The third-order valence-electron chi connectivity index (χ3n) is 6.28. The summed E-state index contributed by atoms with van der Waals surface area (Å²) in [6, 6.07) is 11.4. The van der Waals surface area contributed by atoms with Crippen molar-refractivity contribution in [2.24, 2.45) is 11.8 Å². The average Bonchev–Trinajstić information content (AvgIpc) is 2.75. The maximum atomic E-state index is 13.8. The van der Waals surface area contributed by atoms with Crippen LogP contribution in [0.3, 0.4) is 0 Å². The number of hydrogen-bond donors (Lipinski definition) is 2. The molecule has 0 aliphatic heterocycles. The van der Waals surface area contributed by atoms with Crippen LogP contribution in [0, 0.1) is 17.7 Å². The van der Waals surface area contributed by atoms with Crippen molar-refractivity contribution >= 4 is 34.1 Å². The van der Waals surface area contributed by atoms with Gasteiger partial charge in [-0.15, -0.1) is 0 Å². The number of halogens is 2. The highest BCUT2D eigenvalue weighted by Gasteiger charge is 2.30. The molecule has 30 heavy (non-hydrogen) atoms. The minimum absolute atomic E-state index is 0.0522. The molecule has 1 heterocycles. The van der Waals surface area contributed by atoms with Gasteiger partial charge in [0.15, 0.2) is 0 Å². The van der Waals surface area contributed by atoms with E-state index in [0.29, 0.717) is 11.6 Å². The molecule has 1 atom stereocenters. The smallest absolute Gasteiger partial charge is 0.227 e. The van der Waals surface area contributed by atoms with E-state index < -0.39 is 0 Å². The Morgan fingerprint density at radius 2 is 1.93 bits per heavy atom. The highest BCUT2D eigenvalue weighted by atomic mass is 35.5. The van der Waals surface area contributed by atoms with Gasteiger partial charge in [0.05, 0.1) is 10.5 Å². The molecule has 0 bridgehead atoms. The lowest BCUT2D eigenvalue weighted by atomic mass is 9.73. The predicted molar refractivity (Wildman–Crippen MR) is 117 cm³/mol. The molecular weight excluding hydrogens is 403 g/mol. The Hall–Kier alpha value is -2.66. The molecule has 0 radical (unpaired) electrons. The molecule has 1 saturated carbocycles. The lowest BCUT2D eigenvalue weighted by Gasteiger charge is -2.32. The number of aromatic nitrogens is 1. The van der Waals surface area contributed by atoms with E-state index in [9.17, 15) is 14.3 Å². The Kier molecular flexibility index (Phi) is 5.91. The second-order valence-electron chi connectivity index (χ2n) is 8.12. The summed E-state index contributed by atoms with van der Waals surface area (Å²) in [4.78, 5) is 17.0. The number of nitrogens with zero attached hydrogens (tertiary/aromatic N) is 1. The number of phenols is 1. The summed E-state index contributed by atoms with van der Waals surface area (Å²) in [7, 11) is 0. The zero-order valence-electron chi connectivity index (χ0n) is 16.7. The van der Waals surface area contributed by atoms with Crippen LogP contribution in [-0.4, -0.2) is 16.0 Å². The summed E-state index contributed by atoms with van der Waals surface area (Å²) in [5, 5.41) is 13.7. The van der Waals surface area contributed by atoms with Crippen LogP contribution in [0.15, 0.2) is 48.7 Å². The minimum Gasteiger partial charge on any atom is -0.506 e. The molecule has 0 saturated heterocycles. The maximum Gasteiger partial charge on any atom is 0.227 e. The van der Waals surface area contributed by atoms with Crippen LogP contribution in [0.1, 0.15) is 44.1 Å². The van der Waals surface area contributed by atoms with E-state index in [0.717, 1.165) is 42.1 Å². The number of pyridine rings is 1. The number of fused-ring (bicyclic) bond motifs is 1. The van der Waals surface area contributed by atoms with Crippen molar-refractivity contribution in [2.45, 2.75) is 38.5 Å². The molecule has 0 unspecified atom stereocenters. The fourth-order valence-electron chi connectivity index (χ4n) is 4.49. The molecule has 1 amide bonds. The van der Waals surface area contributed by atoms with Crippen molar-refractivity contribution in [1.29, 1.82) is 0 Å². The average molecular weight is 427 g/mol. The Labute approximate surface area is 180 Å². The number of aromatic hydroxyl groups is 1. The molecule has 1 aromatic heterocycles. The van der Waals surface area contributed by atoms with Gasteiger partial charge in [-0.1, -0.05) is 18.5 Å². The van der Waals surface area contributed by atoms with Gasteiger partial charge in [-0.25, -0.2) is 4.39 Å². The highest BCUT2D eigenvalue weighted by Crippen LogP contribution is 2.41. The van der Waals surface area contributed by atoms with Crippen LogP contribution < -0.4 is 5.32 Å². The first-order chi connectivity index (χ1) is 14.4. The summed E-state index contributed by atoms with van der Waals surface area (Å²) in [6.07, 6.45) is 5.58.